The lowest BCUT2D eigenvalue weighted by molar-refractivity contribution is -0.126. The van der Waals surface area contributed by atoms with Gasteiger partial charge in [-0.1, -0.05) is 19.3 Å². The first-order valence-corrected chi connectivity index (χ1v) is 6.90. The highest BCUT2D eigenvalue weighted by molar-refractivity contribution is 7.11. The number of rotatable bonds is 3. The minimum Gasteiger partial charge on any atom is -0.351 e. The molecule has 2 rings (SSSR count). The molecule has 0 aliphatic heterocycles. The molecule has 0 atom stereocenters. The van der Waals surface area contributed by atoms with Gasteiger partial charge in [-0.2, -0.15) is 0 Å². The fraction of sp³-hybridized carbons (Fsp3) is 0.615. The molecule has 1 saturated carbocycles. The maximum Gasteiger partial charge on any atom is 0.223 e. The molecule has 0 radical (unpaired) electrons. The van der Waals surface area contributed by atoms with Crippen molar-refractivity contribution < 1.29 is 4.79 Å². The molecule has 0 bridgehead atoms. The number of carbonyl (C=O) groups is 1. The fourth-order valence-electron chi connectivity index (χ4n) is 2.26. The molecule has 1 aliphatic carbocycles. The topological polar surface area (TPSA) is 29.1 Å². The number of amides is 1. The Morgan fingerprint density at radius 2 is 2.12 bits per heavy atom. The second kappa shape index (κ2) is 5.48. The number of thiophene rings is 1. The van der Waals surface area contributed by atoms with E-state index >= 15 is 0 Å². The van der Waals surface area contributed by atoms with E-state index in [1.165, 1.54) is 29.0 Å². The van der Waals surface area contributed by atoms with Crippen molar-refractivity contribution in [3.05, 3.63) is 21.9 Å². The summed E-state index contributed by atoms with van der Waals surface area (Å²) in [6.45, 7) is 2.80. The molecular weight excluding hydrogens is 218 g/mol. The van der Waals surface area contributed by atoms with E-state index in [2.05, 4.69) is 24.4 Å². The van der Waals surface area contributed by atoms with Crippen LogP contribution in [0.1, 0.15) is 41.9 Å². The van der Waals surface area contributed by atoms with Crippen LogP contribution in [0.5, 0.6) is 0 Å². The van der Waals surface area contributed by atoms with E-state index in [1.54, 1.807) is 11.3 Å². The van der Waals surface area contributed by atoms with Crippen LogP contribution in [0.4, 0.5) is 0 Å². The van der Waals surface area contributed by atoms with Gasteiger partial charge < -0.3 is 5.32 Å². The Morgan fingerprint density at radius 3 is 2.75 bits per heavy atom. The summed E-state index contributed by atoms with van der Waals surface area (Å²) in [5.41, 5.74) is 0. The first-order valence-electron chi connectivity index (χ1n) is 6.09. The van der Waals surface area contributed by atoms with Crippen molar-refractivity contribution in [2.75, 3.05) is 0 Å². The quantitative estimate of drug-likeness (QED) is 0.859. The summed E-state index contributed by atoms with van der Waals surface area (Å²) in [4.78, 5) is 14.4. The van der Waals surface area contributed by atoms with Crippen LogP contribution in [0.15, 0.2) is 12.1 Å². The van der Waals surface area contributed by atoms with Gasteiger partial charge in [-0.15, -0.1) is 11.3 Å². The van der Waals surface area contributed by atoms with Gasteiger partial charge in [-0.3, -0.25) is 4.79 Å². The van der Waals surface area contributed by atoms with Crippen LogP contribution >= 0.6 is 11.3 Å². The molecule has 1 amide bonds. The summed E-state index contributed by atoms with van der Waals surface area (Å²) in [7, 11) is 0. The van der Waals surface area contributed by atoms with Crippen LogP contribution in [0.2, 0.25) is 0 Å². The van der Waals surface area contributed by atoms with Crippen LogP contribution in [-0.4, -0.2) is 5.91 Å². The Labute approximate surface area is 101 Å². The molecule has 1 aliphatic rings. The molecule has 0 saturated heterocycles. The molecule has 1 aromatic heterocycles. The number of hydrogen-bond donors (Lipinski definition) is 1. The van der Waals surface area contributed by atoms with Crippen molar-refractivity contribution in [2.45, 2.75) is 45.6 Å². The first kappa shape index (κ1) is 11.6. The van der Waals surface area contributed by atoms with Gasteiger partial charge in [0.2, 0.25) is 5.91 Å². The Bertz CT molecular complexity index is 353. The SMILES string of the molecule is Cc1ccc(CNC(=O)C2CCCCC2)s1. The molecule has 3 heteroatoms. The normalized spacial score (nSPS) is 17.3. The van der Waals surface area contributed by atoms with Crippen molar-refractivity contribution in [1.29, 1.82) is 0 Å². The Morgan fingerprint density at radius 1 is 1.38 bits per heavy atom. The molecule has 0 aromatic carbocycles. The van der Waals surface area contributed by atoms with Gasteiger partial charge in [-0.25, -0.2) is 0 Å². The molecule has 1 aromatic rings. The molecule has 1 heterocycles. The summed E-state index contributed by atoms with van der Waals surface area (Å²) in [6, 6.07) is 4.20. The van der Waals surface area contributed by atoms with E-state index < -0.39 is 0 Å². The zero-order chi connectivity index (χ0) is 11.4. The maximum absolute atomic E-state index is 11.9. The lowest BCUT2D eigenvalue weighted by Gasteiger charge is -2.20. The number of nitrogens with one attached hydrogen (secondary N) is 1. The molecule has 88 valence electrons. The van der Waals surface area contributed by atoms with E-state index in [0.29, 0.717) is 6.54 Å². The van der Waals surface area contributed by atoms with Gasteiger partial charge in [0.25, 0.3) is 0 Å². The molecule has 1 N–H and O–H groups in total. The summed E-state index contributed by atoms with van der Waals surface area (Å²) >= 11 is 1.76. The summed E-state index contributed by atoms with van der Waals surface area (Å²) < 4.78 is 0. The predicted molar refractivity (Wildman–Crippen MR) is 67.5 cm³/mol. The number of carbonyl (C=O) groups excluding carboxylic acids is 1. The summed E-state index contributed by atoms with van der Waals surface area (Å²) in [5, 5.41) is 3.05. The molecule has 0 spiro atoms. The molecule has 1 fully saturated rings. The van der Waals surface area contributed by atoms with Crippen molar-refractivity contribution >= 4 is 17.2 Å². The highest BCUT2D eigenvalue weighted by atomic mass is 32.1. The highest BCUT2D eigenvalue weighted by Gasteiger charge is 2.20. The van der Waals surface area contributed by atoms with Crippen molar-refractivity contribution in [2.24, 2.45) is 5.92 Å². The Hall–Kier alpha value is -0.830. The molecule has 16 heavy (non-hydrogen) atoms. The van der Waals surface area contributed by atoms with Gasteiger partial charge >= 0.3 is 0 Å². The third-order valence-corrected chi connectivity index (χ3v) is 4.21. The number of aryl methyl sites for hydroxylation is 1. The van der Waals surface area contributed by atoms with Crippen molar-refractivity contribution in [1.82, 2.24) is 5.32 Å². The van der Waals surface area contributed by atoms with E-state index in [-0.39, 0.29) is 11.8 Å². The summed E-state index contributed by atoms with van der Waals surface area (Å²) in [6.07, 6.45) is 5.89. The average molecular weight is 237 g/mol. The monoisotopic (exact) mass is 237 g/mol. The Kier molecular flexibility index (Phi) is 3.99. The van der Waals surface area contributed by atoms with E-state index in [9.17, 15) is 4.79 Å². The standard InChI is InChI=1S/C13H19NOS/c1-10-7-8-12(16-10)9-14-13(15)11-5-3-2-4-6-11/h7-8,11H,2-6,9H2,1H3,(H,14,15). The molecule has 2 nitrogen and oxygen atoms in total. The van der Waals surface area contributed by atoms with Crippen molar-refractivity contribution in [3.8, 4) is 0 Å². The van der Waals surface area contributed by atoms with Gasteiger partial charge in [0.1, 0.15) is 0 Å². The lowest BCUT2D eigenvalue weighted by atomic mass is 9.89. The van der Waals surface area contributed by atoms with Crippen LogP contribution < -0.4 is 5.32 Å². The fourth-order valence-corrected chi connectivity index (χ4v) is 3.09. The highest BCUT2D eigenvalue weighted by Crippen LogP contribution is 2.24. The second-order valence-electron chi connectivity index (χ2n) is 4.57. The summed E-state index contributed by atoms with van der Waals surface area (Å²) in [5.74, 6) is 0.528. The lowest BCUT2D eigenvalue weighted by Crippen LogP contribution is -2.31. The largest absolute Gasteiger partial charge is 0.351 e. The van der Waals surface area contributed by atoms with E-state index in [1.807, 2.05) is 0 Å². The Balaban J connectivity index is 1.78. The second-order valence-corrected chi connectivity index (χ2v) is 5.94. The van der Waals surface area contributed by atoms with Gasteiger partial charge in [0.05, 0.1) is 6.54 Å². The zero-order valence-corrected chi connectivity index (χ0v) is 10.6. The van der Waals surface area contributed by atoms with E-state index in [0.717, 1.165) is 12.8 Å². The van der Waals surface area contributed by atoms with Crippen LogP contribution in [0, 0.1) is 12.8 Å². The third-order valence-electron chi connectivity index (χ3n) is 3.21. The maximum atomic E-state index is 11.9. The smallest absolute Gasteiger partial charge is 0.223 e. The minimum absolute atomic E-state index is 0.255. The molecule has 0 unspecified atom stereocenters. The minimum atomic E-state index is 0.255. The van der Waals surface area contributed by atoms with Crippen LogP contribution in [-0.2, 0) is 11.3 Å². The van der Waals surface area contributed by atoms with Crippen LogP contribution in [0.25, 0.3) is 0 Å². The third kappa shape index (κ3) is 3.08. The van der Waals surface area contributed by atoms with Gasteiger partial charge in [-0.05, 0) is 31.9 Å². The predicted octanol–water partition coefficient (Wildman–Crippen LogP) is 3.25. The van der Waals surface area contributed by atoms with Crippen molar-refractivity contribution in [3.63, 3.8) is 0 Å². The average Bonchev–Trinajstić information content (AvgIpc) is 2.73. The van der Waals surface area contributed by atoms with E-state index in [4.69, 9.17) is 0 Å². The van der Waals surface area contributed by atoms with Crippen LogP contribution in [0.3, 0.4) is 0 Å². The van der Waals surface area contributed by atoms with Gasteiger partial charge in [0, 0.05) is 15.7 Å². The zero-order valence-electron chi connectivity index (χ0n) is 9.79. The molecular formula is C13H19NOS. The first-order chi connectivity index (χ1) is 7.75. The van der Waals surface area contributed by atoms with Gasteiger partial charge in [0.15, 0.2) is 0 Å². The number of hydrogen-bond acceptors (Lipinski definition) is 2.